The number of hydrogen-bond acceptors (Lipinski definition) is 8. The van der Waals surface area contributed by atoms with Crippen molar-refractivity contribution in [3.05, 3.63) is 58.4 Å². The van der Waals surface area contributed by atoms with Crippen molar-refractivity contribution in [2.75, 3.05) is 41.7 Å². The summed E-state index contributed by atoms with van der Waals surface area (Å²) < 4.78 is 0. The van der Waals surface area contributed by atoms with E-state index < -0.39 is 0 Å². The second kappa shape index (κ2) is 8.92. The Balaban J connectivity index is 1.60. The van der Waals surface area contributed by atoms with Crippen LogP contribution >= 0.6 is 0 Å². The number of aromatic nitrogens is 2. The summed E-state index contributed by atoms with van der Waals surface area (Å²) in [4.78, 5) is 33.2. The quantitative estimate of drug-likeness (QED) is 0.410. The van der Waals surface area contributed by atoms with Crippen LogP contribution in [-0.2, 0) is 11.3 Å². The Morgan fingerprint density at radius 1 is 1.19 bits per heavy atom. The molecule has 2 heterocycles. The van der Waals surface area contributed by atoms with Crippen LogP contribution in [0.25, 0.3) is 10.9 Å². The molecule has 0 spiro atoms. The van der Waals surface area contributed by atoms with Gasteiger partial charge in [0.1, 0.15) is 17.8 Å². The largest absolute Gasteiger partial charge is 0.365 e. The average molecular weight is 421 g/mol. The molecule has 0 atom stereocenters. The molecule has 160 valence electrons. The van der Waals surface area contributed by atoms with Crippen molar-refractivity contribution in [1.29, 1.82) is 0 Å². The number of benzene rings is 2. The van der Waals surface area contributed by atoms with E-state index >= 15 is 0 Å². The molecule has 2 aromatic carbocycles. The molecular formula is C21H23N7O3. The van der Waals surface area contributed by atoms with Crippen molar-refractivity contribution in [3.63, 3.8) is 0 Å². The first-order valence-corrected chi connectivity index (χ1v) is 10.0. The molecule has 1 aromatic heterocycles. The zero-order valence-electron chi connectivity index (χ0n) is 17.1. The van der Waals surface area contributed by atoms with Crippen molar-refractivity contribution in [1.82, 2.24) is 15.3 Å². The van der Waals surface area contributed by atoms with Gasteiger partial charge in [-0.3, -0.25) is 14.9 Å². The van der Waals surface area contributed by atoms with Crippen LogP contribution in [0.1, 0.15) is 12.5 Å². The molecular weight excluding hydrogens is 398 g/mol. The van der Waals surface area contributed by atoms with Crippen LogP contribution in [0.2, 0.25) is 0 Å². The first kappa shape index (κ1) is 20.5. The summed E-state index contributed by atoms with van der Waals surface area (Å²) in [5.41, 5.74) is 2.98. The number of piperazine rings is 1. The van der Waals surface area contributed by atoms with Crippen LogP contribution in [0.3, 0.4) is 0 Å². The Hall–Kier alpha value is -3.79. The Labute approximate surface area is 178 Å². The maximum atomic E-state index is 11.8. The maximum Gasteiger partial charge on any atom is 0.293 e. The molecule has 0 aliphatic carbocycles. The molecule has 3 aromatic rings. The van der Waals surface area contributed by atoms with Gasteiger partial charge < -0.3 is 20.9 Å². The summed E-state index contributed by atoms with van der Waals surface area (Å²) in [6.07, 6.45) is 1.46. The van der Waals surface area contributed by atoms with E-state index in [0.29, 0.717) is 42.0 Å². The Morgan fingerprint density at radius 2 is 1.94 bits per heavy atom. The van der Waals surface area contributed by atoms with Gasteiger partial charge in [-0.2, -0.15) is 0 Å². The second-order valence-electron chi connectivity index (χ2n) is 7.31. The van der Waals surface area contributed by atoms with Crippen LogP contribution in [0, 0.1) is 10.1 Å². The number of nitro groups is 1. The highest BCUT2D eigenvalue weighted by atomic mass is 16.6. The fraction of sp³-hybridized carbons (Fsp3) is 0.286. The minimum atomic E-state index is -0.353. The summed E-state index contributed by atoms with van der Waals surface area (Å²) in [5.74, 6) is 0.408. The summed E-state index contributed by atoms with van der Waals surface area (Å²) in [6, 6.07) is 10.8. The topological polar surface area (TPSA) is 125 Å². The number of carbonyl (C=O) groups is 1. The van der Waals surface area contributed by atoms with Crippen LogP contribution in [0.4, 0.5) is 22.9 Å². The van der Waals surface area contributed by atoms with Crippen LogP contribution in [0.5, 0.6) is 0 Å². The predicted molar refractivity (Wildman–Crippen MR) is 119 cm³/mol. The van der Waals surface area contributed by atoms with Crippen LogP contribution < -0.4 is 20.9 Å². The lowest BCUT2D eigenvalue weighted by Crippen LogP contribution is -2.43. The van der Waals surface area contributed by atoms with Crippen molar-refractivity contribution in [2.24, 2.45) is 0 Å². The van der Waals surface area contributed by atoms with Gasteiger partial charge in [0.05, 0.1) is 10.4 Å². The van der Waals surface area contributed by atoms with E-state index in [4.69, 9.17) is 0 Å². The van der Waals surface area contributed by atoms with Crippen molar-refractivity contribution < 1.29 is 9.72 Å². The van der Waals surface area contributed by atoms with E-state index in [1.807, 2.05) is 29.2 Å². The van der Waals surface area contributed by atoms with Gasteiger partial charge in [0.15, 0.2) is 0 Å². The van der Waals surface area contributed by atoms with Crippen molar-refractivity contribution >= 4 is 39.7 Å². The number of nitrogens with zero attached hydrogens (tertiary/aromatic N) is 4. The molecule has 31 heavy (non-hydrogen) atoms. The SMILES string of the molecule is CC(=O)Nc1ccc(CNc2ncnc3cc(N4CCNCC4)c([N+](=O)[O-])cc23)cc1. The van der Waals surface area contributed by atoms with E-state index in [1.54, 1.807) is 12.1 Å². The molecule has 1 amide bonds. The average Bonchev–Trinajstić information content (AvgIpc) is 2.78. The van der Waals surface area contributed by atoms with Crippen molar-refractivity contribution in [3.8, 4) is 0 Å². The Morgan fingerprint density at radius 3 is 2.61 bits per heavy atom. The number of anilines is 3. The molecule has 10 nitrogen and oxygen atoms in total. The van der Waals surface area contributed by atoms with E-state index in [-0.39, 0.29) is 16.5 Å². The highest BCUT2D eigenvalue weighted by Crippen LogP contribution is 2.34. The molecule has 1 aliphatic heterocycles. The third kappa shape index (κ3) is 4.69. The third-order valence-electron chi connectivity index (χ3n) is 5.12. The van der Waals surface area contributed by atoms with E-state index in [9.17, 15) is 14.9 Å². The van der Waals surface area contributed by atoms with Gasteiger partial charge >= 0.3 is 0 Å². The van der Waals surface area contributed by atoms with Crippen LogP contribution in [-0.4, -0.2) is 47.0 Å². The summed E-state index contributed by atoms with van der Waals surface area (Å²) in [7, 11) is 0. The number of amides is 1. The van der Waals surface area contributed by atoms with Gasteiger partial charge in [-0.15, -0.1) is 0 Å². The monoisotopic (exact) mass is 421 g/mol. The lowest BCUT2D eigenvalue weighted by Gasteiger charge is -2.29. The minimum Gasteiger partial charge on any atom is -0.365 e. The Kier molecular flexibility index (Phi) is 5.89. The van der Waals surface area contributed by atoms with E-state index in [0.717, 1.165) is 24.3 Å². The number of hydrogen-bond donors (Lipinski definition) is 3. The van der Waals surface area contributed by atoms with E-state index in [1.165, 1.54) is 13.3 Å². The fourth-order valence-electron chi connectivity index (χ4n) is 3.62. The van der Waals surface area contributed by atoms with Gasteiger partial charge in [-0.05, 0) is 23.8 Å². The maximum absolute atomic E-state index is 11.8. The highest BCUT2D eigenvalue weighted by molar-refractivity contribution is 5.94. The Bertz CT molecular complexity index is 1110. The smallest absolute Gasteiger partial charge is 0.293 e. The van der Waals surface area contributed by atoms with E-state index in [2.05, 4.69) is 25.9 Å². The summed E-state index contributed by atoms with van der Waals surface area (Å²) in [5, 5.41) is 21.6. The zero-order valence-corrected chi connectivity index (χ0v) is 17.1. The molecule has 4 rings (SSSR count). The second-order valence-corrected chi connectivity index (χ2v) is 7.31. The molecule has 0 unspecified atom stereocenters. The predicted octanol–water partition coefficient (Wildman–Crippen LogP) is 2.52. The first-order valence-electron chi connectivity index (χ1n) is 10.0. The van der Waals surface area contributed by atoms with Crippen molar-refractivity contribution in [2.45, 2.75) is 13.5 Å². The summed E-state index contributed by atoms with van der Waals surface area (Å²) >= 11 is 0. The normalized spacial score (nSPS) is 13.8. The molecule has 1 aliphatic rings. The lowest BCUT2D eigenvalue weighted by molar-refractivity contribution is -0.384. The van der Waals surface area contributed by atoms with Gasteiger partial charge in [0.25, 0.3) is 5.69 Å². The highest BCUT2D eigenvalue weighted by Gasteiger charge is 2.23. The molecule has 0 radical (unpaired) electrons. The molecule has 10 heteroatoms. The molecule has 0 saturated carbocycles. The molecule has 0 bridgehead atoms. The number of rotatable bonds is 6. The number of fused-ring (bicyclic) bond motifs is 1. The molecule has 1 fully saturated rings. The van der Waals surface area contributed by atoms with Gasteiger partial charge in [0.2, 0.25) is 5.91 Å². The first-order chi connectivity index (χ1) is 15.0. The molecule has 3 N–H and O–H groups in total. The van der Waals surface area contributed by atoms with Crippen LogP contribution in [0.15, 0.2) is 42.7 Å². The lowest BCUT2D eigenvalue weighted by atomic mass is 10.1. The number of carbonyl (C=O) groups excluding carboxylic acids is 1. The standard InChI is InChI=1S/C21H23N7O3/c1-14(29)26-16-4-2-15(3-5-16)12-23-21-17-10-20(28(30)31)19(11-18(17)24-13-25-21)27-8-6-22-7-9-27/h2-5,10-11,13,22H,6-9,12H2,1H3,(H,26,29)(H,23,24,25). The third-order valence-corrected chi connectivity index (χ3v) is 5.12. The minimum absolute atomic E-state index is 0.0481. The van der Waals surface area contributed by atoms with Gasteiger partial charge in [-0.25, -0.2) is 9.97 Å². The summed E-state index contributed by atoms with van der Waals surface area (Å²) in [6.45, 7) is 4.91. The fourth-order valence-corrected chi connectivity index (χ4v) is 3.62. The molecule has 1 saturated heterocycles. The number of nitrogens with one attached hydrogen (secondary N) is 3. The zero-order chi connectivity index (χ0) is 21.8. The van der Waals surface area contributed by atoms with Gasteiger partial charge in [0, 0.05) is 56.8 Å². The van der Waals surface area contributed by atoms with Gasteiger partial charge in [-0.1, -0.05) is 12.1 Å². The number of nitro benzene ring substituents is 1.